The van der Waals surface area contributed by atoms with Gasteiger partial charge in [-0.1, -0.05) is 69.2 Å². The fourth-order valence-corrected chi connectivity index (χ4v) is 9.80. The largest absolute Gasteiger partial charge is 0.323 e. The van der Waals surface area contributed by atoms with Gasteiger partial charge in [0.25, 0.3) is 0 Å². The van der Waals surface area contributed by atoms with Gasteiger partial charge in [0, 0.05) is 22.6 Å². The summed E-state index contributed by atoms with van der Waals surface area (Å²) in [6, 6.07) is 0. The van der Waals surface area contributed by atoms with Crippen LogP contribution in [0.4, 0.5) is 0 Å². The van der Waals surface area contributed by atoms with Crippen LogP contribution in [-0.2, 0) is 9.13 Å². The topological polar surface area (TPSA) is 34.1 Å². The standard InChI is InChI=1S/C20H44O2P2/c1-17(2,3)15-19(7,8)23(11,21)13-14-24(12,22)20(9,10)16-18(4,5)6/h13-16H2,1-12H3/t23-,24-/m0/s1. The molecular weight excluding hydrogens is 334 g/mol. The van der Waals surface area contributed by atoms with Crippen molar-refractivity contribution in [3.8, 4) is 0 Å². The van der Waals surface area contributed by atoms with E-state index in [1.807, 2.05) is 13.3 Å². The van der Waals surface area contributed by atoms with E-state index < -0.39 is 14.3 Å². The average molecular weight is 379 g/mol. The maximum absolute atomic E-state index is 13.5. The van der Waals surface area contributed by atoms with Crippen LogP contribution >= 0.6 is 14.3 Å². The lowest BCUT2D eigenvalue weighted by Gasteiger charge is -2.40. The molecular formula is C20H44O2P2. The molecule has 146 valence electrons. The molecule has 0 aliphatic heterocycles. The first-order valence-corrected chi connectivity index (χ1v) is 13.9. The zero-order chi connectivity index (χ0) is 19.8. The maximum atomic E-state index is 13.5. The molecule has 0 unspecified atom stereocenters. The summed E-state index contributed by atoms with van der Waals surface area (Å²) in [6.45, 7) is 25.6. The predicted octanol–water partition coefficient (Wildman–Crippen LogP) is 7.40. The van der Waals surface area contributed by atoms with Gasteiger partial charge in [0.1, 0.15) is 0 Å². The third-order valence-corrected chi connectivity index (χ3v) is 13.4. The van der Waals surface area contributed by atoms with Gasteiger partial charge in [0.05, 0.1) is 14.3 Å². The minimum atomic E-state index is -2.38. The molecule has 2 atom stereocenters. The van der Waals surface area contributed by atoms with E-state index in [4.69, 9.17) is 0 Å². The van der Waals surface area contributed by atoms with E-state index in [1.165, 1.54) is 0 Å². The minimum Gasteiger partial charge on any atom is -0.323 e. The lowest BCUT2D eigenvalue weighted by Crippen LogP contribution is -2.31. The van der Waals surface area contributed by atoms with Gasteiger partial charge in [0.2, 0.25) is 0 Å². The molecule has 0 rings (SSSR count). The molecule has 4 heteroatoms. The SMILES string of the molecule is CC(C)(C)CC(C)(C)[P@@](C)(=O)CC[P@](C)(=O)C(C)(C)CC(C)(C)C. The Morgan fingerprint density at radius 1 is 0.542 bits per heavy atom. The molecule has 0 radical (unpaired) electrons. The summed E-state index contributed by atoms with van der Waals surface area (Å²) < 4.78 is 26.9. The van der Waals surface area contributed by atoms with Gasteiger partial charge in [-0.25, -0.2) is 0 Å². The van der Waals surface area contributed by atoms with Crippen molar-refractivity contribution in [3.05, 3.63) is 0 Å². The molecule has 0 aliphatic carbocycles. The Labute approximate surface area is 152 Å². The van der Waals surface area contributed by atoms with Crippen LogP contribution in [0.2, 0.25) is 0 Å². The van der Waals surface area contributed by atoms with Crippen molar-refractivity contribution >= 4 is 14.3 Å². The van der Waals surface area contributed by atoms with E-state index in [1.54, 1.807) is 0 Å². The summed E-state index contributed by atoms with van der Waals surface area (Å²) in [6.07, 6.45) is 3.04. The van der Waals surface area contributed by atoms with Crippen LogP contribution in [0, 0.1) is 10.8 Å². The fraction of sp³-hybridized carbons (Fsp3) is 1.00. The van der Waals surface area contributed by atoms with Gasteiger partial charge < -0.3 is 9.13 Å². The van der Waals surface area contributed by atoms with E-state index in [-0.39, 0.29) is 21.1 Å². The van der Waals surface area contributed by atoms with Crippen molar-refractivity contribution in [1.29, 1.82) is 0 Å². The number of hydrogen-bond acceptors (Lipinski definition) is 2. The van der Waals surface area contributed by atoms with E-state index in [9.17, 15) is 9.13 Å². The zero-order valence-electron chi connectivity index (χ0n) is 18.5. The minimum absolute atomic E-state index is 0.149. The quantitative estimate of drug-likeness (QED) is 0.432. The first-order valence-electron chi connectivity index (χ1n) is 9.25. The van der Waals surface area contributed by atoms with Crippen molar-refractivity contribution in [2.24, 2.45) is 10.8 Å². The molecule has 0 aliphatic rings. The molecule has 2 nitrogen and oxygen atoms in total. The van der Waals surface area contributed by atoms with Crippen LogP contribution in [0.5, 0.6) is 0 Å². The summed E-state index contributed by atoms with van der Waals surface area (Å²) >= 11 is 0. The van der Waals surface area contributed by atoms with Crippen LogP contribution in [0.1, 0.15) is 82.1 Å². The van der Waals surface area contributed by atoms with Crippen LogP contribution in [0.3, 0.4) is 0 Å². The first-order chi connectivity index (χ1) is 10.1. The van der Waals surface area contributed by atoms with E-state index >= 15 is 0 Å². The third-order valence-electron chi connectivity index (χ3n) is 5.44. The molecule has 0 bridgehead atoms. The molecule has 0 aromatic rings. The zero-order valence-corrected chi connectivity index (χ0v) is 20.3. The lowest BCUT2D eigenvalue weighted by molar-refractivity contribution is 0.327. The van der Waals surface area contributed by atoms with Crippen LogP contribution in [0.15, 0.2) is 0 Å². The van der Waals surface area contributed by atoms with E-state index in [2.05, 4.69) is 69.2 Å². The van der Waals surface area contributed by atoms with Crippen molar-refractivity contribution in [3.63, 3.8) is 0 Å². The Balaban J connectivity index is 5.22. The molecule has 0 heterocycles. The summed E-state index contributed by atoms with van der Waals surface area (Å²) in [5.74, 6) is 0. The molecule has 0 aromatic heterocycles. The molecule has 0 fully saturated rings. The number of hydrogen-bond donors (Lipinski definition) is 0. The lowest BCUT2D eigenvalue weighted by atomic mass is 9.86. The van der Waals surface area contributed by atoms with Gasteiger partial charge in [-0.3, -0.25) is 0 Å². The normalized spacial score (nSPS) is 19.7. The summed E-state index contributed by atoms with van der Waals surface area (Å²) in [5.41, 5.74) is 0.299. The number of rotatable bonds is 7. The van der Waals surface area contributed by atoms with Crippen molar-refractivity contribution in [2.75, 3.05) is 25.7 Å². The highest BCUT2D eigenvalue weighted by molar-refractivity contribution is 7.68. The van der Waals surface area contributed by atoms with Crippen LogP contribution < -0.4 is 0 Å². The first kappa shape index (κ1) is 24.5. The Morgan fingerprint density at radius 2 is 0.750 bits per heavy atom. The molecule has 0 amide bonds. The van der Waals surface area contributed by atoms with E-state index in [0.29, 0.717) is 12.3 Å². The fourth-order valence-electron chi connectivity index (χ4n) is 3.92. The van der Waals surface area contributed by atoms with Crippen molar-refractivity contribution < 1.29 is 9.13 Å². The predicted molar refractivity (Wildman–Crippen MR) is 113 cm³/mol. The Kier molecular flexibility index (Phi) is 7.37. The second kappa shape index (κ2) is 7.23. The summed E-state index contributed by atoms with van der Waals surface area (Å²) in [5, 5.41) is -0.418. The van der Waals surface area contributed by atoms with Gasteiger partial charge in [0.15, 0.2) is 0 Å². The van der Waals surface area contributed by atoms with Crippen molar-refractivity contribution in [1.82, 2.24) is 0 Å². The molecule has 0 N–H and O–H groups in total. The second-order valence-corrected chi connectivity index (χ2v) is 19.5. The highest BCUT2D eigenvalue weighted by Crippen LogP contribution is 2.64. The smallest absolute Gasteiger partial charge is 0.0905 e. The average Bonchev–Trinajstić information content (AvgIpc) is 2.19. The maximum Gasteiger partial charge on any atom is 0.0905 e. The van der Waals surface area contributed by atoms with Crippen molar-refractivity contribution in [2.45, 2.75) is 92.4 Å². The molecule has 0 saturated heterocycles. The second-order valence-electron chi connectivity index (χ2n) is 11.7. The summed E-state index contributed by atoms with van der Waals surface area (Å²) in [4.78, 5) is 0. The monoisotopic (exact) mass is 378 g/mol. The molecule has 24 heavy (non-hydrogen) atoms. The Bertz CT molecular complexity index is 469. The summed E-state index contributed by atoms with van der Waals surface area (Å²) in [7, 11) is -4.76. The Hall–Kier alpha value is 0.460. The highest BCUT2D eigenvalue weighted by atomic mass is 31.2. The molecule has 0 saturated carbocycles. The Morgan fingerprint density at radius 3 is 0.917 bits per heavy atom. The van der Waals surface area contributed by atoms with Gasteiger partial charge >= 0.3 is 0 Å². The van der Waals surface area contributed by atoms with Crippen LogP contribution in [-0.4, -0.2) is 36.0 Å². The van der Waals surface area contributed by atoms with Gasteiger partial charge in [-0.15, -0.1) is 0 Å². The molecule has 0 aromatic carbocycles. The van der Waals surface area contributed by atoms with Gasteiger partial charge in [-0.05, 0) is 37.0 Å². The highest BCUT2D eigenvalue weighted by Gasteiger charge is 2.43. The van der Waals surface area contributed by atoms with Crippen LogP contribution in [0.25, 0.3) is 0 Å². The van der Waals surface area contributed by atoms with E-state index in [0.717, 1.165) is 12.8 Å². The van der Waals surface area contributed by atoms with Gasteiger partial charge in [-0.2, -0.15) is 0 Å². The third kappa shape index (κ3) is 7.37. The molecule has 0 spiro atoms.